The van der Waals surface area contributed by atoms with E-state index in [1.807, 2.05) is 12.1 Å². The number of nitrogens with zero attached hydrogens (tertiary/aromatic N) is 1. The van der Waals surface area contributed by atoms with Gasteiger partial charge in [0.2, 0.25) is 5.91 Å². The molecule has 98 valence electrons. The van der Waals surface area contributed by atoms with Crippen LogP contribution in [0.4, 0.5) is 0 Å². The first-order chi connectivity index (χ1) is 8.75. The smallest absolute Gasteiger partial charge is 0.230 e. The van der Waals surface area contributed by atoms with Crippen molar-refractivity contribution in [2.45, 2.75) is 24.3 Å². The minimum Gasteiger partial charge on any atom is -0.351 e. The minimum atomic E-state index is 0.109. The fraction of sp³-hybridized carbons (Fsp3) is 0.538. The van der Waals surface area contributed by atoms with Crippen LogP contribution >= 0.6 is 11.8 Å². The van der Waals surface area contributed by atoms with Crippen molar-refractivity contribution in [2.75, 3.05) is 18.8 Å². The van der Waals surface area contributed by atoms with Crippen LogP contribution in [0.3, 0.4) is 0 Å². The molecule has 2 heterocycles. The molecule has 0 saturated carbocycles. The summed E-state index contributed by atoms with van der Waals surface area (Å²) in [6, 6.07) is 4.11. The van der Waals surface area contributed by atoms with Gasteiger partial charge in [-0.1, -0.05) is 6.92 Å². The molecule has 1 aromatic heterocycles. The van der Waals surface area contributed by atoms with Crippen molar-refractivity contribution < 1.29 is 4.79 Å². The SMILES string of the molecule is CC1CCNCC1NC(=O)CSc1ccncc1. The van der Waals surface area contributed by atoms with Crippen LogP contribution in [0.25, 0.3) is 0 Å². The molecule has 2 unspecified atom stereocenters. The summed E-state index contributed by atoms with van der Waals surface area (Å²) in [4.78, 5) is 16.9. The number of aromatic nitrogens is 1. The summed E-state index contributed by atoms with van der Waals surface area (Å²) >= 11 is 1.55. The van der Waals surface area contributed by atoms with Crippen molar-refractivity contribution in [3.05, 3.63) is 24.5 Å². The number of carbonyl (C=O) groups excluding carboxylic acids is 1. The van der Waals surface area contributed by atoms with Crippen molar-refractivity contribution >= 4 is 17.7 Å². The Kier molecular flexibility index (Phi) is 5.01. The Labute approximate surface area is 112 Å². The molecule has 4 nitrogen and oxygen atoms in total. The summed E-state index contributed by atoms with van der Waals surface area (Å²) in [5.41, 5.74) is 0. The van der Waals surface area contributed by atoms with Gasteiger partial charge < -0.3 is 10.6 Å². The first kappa shape index (κ1) is 13.4. The van der Waals surface area contributed by atoms with Crippen LogP contribution in [0.15, 0.2) is 29.4 Å². The quantitative estimate of drug-likeness (QED) is 0.806. The van der Waals surface area contributed by atoms with Crippen LogP contribution in [0.1, 0.15) is 13.3 Å². The van der Waals surface area contributed by atoms with Crippen LogP contribution in [0, 0.1) is 5.92 Å². The molecule has 0 radical (unpaired) electrons. The highest BCUT2D eigenvalue weighted by atomic mass is 32.2. The number of thioether (sulfide) groups is 1. The molecule has 0 spiro atoms. The molecule has 1 saturated heterocycles. The molecule has 1 amide bonds. The van der Waals surface area contributed by atoms with E-state index in [1.54, 1.807) is 24.2 Å². The van der Waals surface area contributed by atoms with Gasteiger partial charge in [0, 0.05) is 29.9 Å². The van der Waals surface area contributed by atoms with Gasteiger partial charge in [-0.15, -0.1) is 11.8 Å². The Morgan fingerprint density at radius 1 is 1.56 bits per heavy atom. The number of amides is 1. The Bertz CT molecular complexity index is 385. The van der Waals surface area contributed by atoms with E-state index in [4.69, 9.17) is 0 Å². The van der Waals surface area contributed by atoms with Gasteiger partial charge in [-0.25, -0.2) is 0 Å². The molecule has 1 aliphatic rings. The van der Waals surface area contributed by atoms with E-state index >= 15 is 0 Å². The molecule has 1 fully saturated rings. The molecule has 18 heavy (non-hydrogen) atoms. The summed E-state index contributed by atoms with van der Waals surface area (Å²) in [5, 5.41) is 6.42. The zero-order valence-corrected chi connectivity index (χ0v) is 11.4. The lowest BCUT2D eigenvalue weighted by Gasteiger charge is -2.30. The van der Waals surface area contributed by atoms with Crippen LogP contribution in [0.2, 0.25) is 0 Å². The summed E-state index contributed by atoms with van der Waals surface area (Å²) in [7, 11) is 0. The third-order valence-corrected chi connectivity index (χ3v) is 4.21. The monoisotopic (exact) mass is 265 g/mol. The lowest BCUT2D eigenvalue weighted by atomic mass is 9.95. The minimum absolute atomic E-state index is 0.109. The van der Waals surface area contributed by atoms with Gasteiger partial charge in [-0.05, 0) is 31.0 Å². The first-order valence-corrected chi connectivity index (χ1v) is 7.27. The van der Waals surface area contributed by atoms with Gasteiger partial charge >= 0.3 is 0 Å². The van der Waals surface area contributed by atoms with E-state index in [-0.39, 0.29) is 11.9 Å². The van der Waals surface area contributed by atoms with E-state index < -0.39 is 0 Å². The average molecular weight is 265 g/mol. The Morgan fingerprint density at radius 2 is 2.33 bits per heavy atom. The second kappa shape index (κ2) is 6.75. The van der Waals surface area contributed by atoms with Crippen LogP contribution in [-0.2, 0) is 4.79 Å². The number of piperidine rings is 1. The average Bonchev–Trinajstić information content (AvgIpc) is 2.40. The summed E-state index contributed by atoms with van der Waals surface area (Å²) in [6.45, 7) is 4.13. The van der Waals surface area contributed by atoms with Gasteiger partial charge in [0.25, 0.3) is 0 Å². The Hall–Kier alpha value is -1.07. The lowest BCUT2D eigenvalue weighted by Crippen LogP contribution is -2.50. The number of hydrogen-bond acceptors (Lipinski definition) is 4. The highest BCUT2D eigenvalue weighted by molar-refractivity contribution is 8.00. The number of carbonyl (C=O) groups is 1. The zero-order valence-electron chi connectivity index (χ0n) is 10.6. The molecular formula is C13H19N3OS. The Balaban J connectivity index is 1.75. The molecule has 1 aliphatic heterocycles. The second-order valence-electron chi connectivity index (χ2n) is 4.62. The van der Waals surface area contributed by atoms with Crippen LogP contribution in [0.5, 0.6) is 0 Å². The maximum atomic E-state index is 11.9. The van der Waals surface area contributed by atoms with E-state index in [2.05, 4.69) is 22.5 Å². The molecule has 0 bridgehead atoms. The maximum absolute atomic E-state index is 11.9. The number of nitrogens with one attached hydrogen (secondary N) is 2. The first-order valence-electron chi connectivity index (χ1n) is 6.28. The van der Waals surface area contributed by atoms with Gasteiger partial charge in [0.15, 0.2) is 0 Å². The third-order valence-electron chi connectivity index (χ3n) is 3.19. The molecule has 5 heteroatoms. The predicted octanol–water partition coefficient (Wildman–Crippen LogP) is 1.29. The normalized spacial score (nSPS) is 23.6. The topological polar surface area (TPSA) is 54.0 Å². The van der Waals surface area contributed by atoms with E-state index in [1.165, 1.54) is 0 Å². The van der Waals surface area contributed by atoms with E-state index in [0.29, 0.717) is 11.7 Å². The predicted molar refractivity (Wildman–Crippen MR) is 73.5 cm³/mol. The fourth-order valence-electron chi connectivity index (χ4n) is 2.01. The third kappa shape index (κ3) is 3.99. The van der Waals surface area contributed by atoms with Gasteiger partial charge in [0.05, 0.1) is 5.75 Å². The summed E-state index contributed by atoms with van der Waals surface area (Å²) in [6.07, 6.45) is 4.61. The largest absolute Gasteiger partial charge is 0.351 e. The van der Waals surface area contributed by atoms with Gasteiger partial charge in [-0.3, -0.25) is 9.78 Å². The van der Waals surface area contributed by atoms with Crippen molar-refractivity contribution in [1.82, 2.24) is 15.6 Å². The lowest BCUT2D eigenvalue weighted by molar-refractivity contribution is -0.119. The summed E-state index contributed by atoms with van der Waals surface area (Å²) in [5.74, 6) is 1.13. The highest BCUT2D eigenvalue weighted by Crippen LogP contribution is 2.16. The summed E-state index contributed by atoms with van der Waals surface area (Å²) < 4.78 is 0. The molecule has 0 aliphatic carbocycles. The number of rotatable bonds is 4. The van der Waals surface area contributed by atoms with E-state index in [0.717, 1.165) is 24.4 Å². The van der Waals surface area contributed by atoms with Gasteiger partial charge in [-0.2, -0.15) is 0 Å². The van der Waals surface area contributed by atoms with Crippen molar-refractivity contribution in [2.24, 2.45) is 5.92 Å². The fourth-order valence-corrected chi connectivity index (χ4v) is 2.71. The molecular weight excluding hydrogens is 246 g/mol. The maximum Gasteiger partial charge on any atom is 0.230 e. The van der Waals surface area contributed by atoms with E-state index in [9.17, 15) is 4.79 Å². The zero-order chi connectivity index (χ0) is 12.8. The highest BCUT2D eigenvalue weighted by Gasteiger charge is 2.22. The molecule has 1 aromatic rings. The van der Waals surface area contributed by atoms with Crippen molar-refractivity contribution in [3.8, 4) is 0 Å². The van der Waals surface area contributed by atoms with Crippen molar-refractivity contribution in [3.63, 3.8) is 0 Å². The van der Waals surface area contributed by atoms with Crippen molar-refractivity contribution in [1.29, 1.82) is 0 Å². The van der Waals surface area contributed by atoms with Gasteiger partial charge in [0.1, 0.15) is 0 Å². The second-order valence-corrected chi connectivity index (χ2v) is 5.66. The standard InChI is InChI=1S/C13H19N3OS/c1-10-2-5-15-8-12(10)16-13(17)9-18-11-3-6-14-7-4-11/h3-4,6-7,10,12,15H,2,5,8-9H2,1H3,(H,16,17). The number of hydrogen-bond donors (Lipinski definition) is 2. The van der Waals surface area contributed by atoms with Crippen LogP contribution in [-0.4, -0.2) is 35.8 Å². The molecule has 2 atom stereocenters. The molecule has 2 rings (SSSR count). The van der Waals surface area contributed by atoms with Crippen LogP contribution < -0.4 is 10.6 Å². The molecule has 2 N–H and O–H groups in total. The Morgan fingerprint density at radius 3 is 3.06 bits per heavy atom. The number of pyridine rings is 1. The molecule has 0 aromatic carbocycles.